The molecule has 0 saturated heterocycles. The average molecular weight is 365 g/mol. The van der Waals surface area contributed by atoms with E-state index in [4.69, 9.17) is 0 Å². The molecule has 0 fully saturated rings. The van der Waals surface area contributed by atoms with Gasteiger partial charge in [0.15, 0.2) is 0 Å². The Labute approximate surface area is 155 Å². The maximum absolute atomic E-state index is 10.7. The van der Waals surface area contributed by atoms with Gasteiger partial charge in [-0.1, -0.05) is 34.6 Å². The van der Waals surface area contributed by atoms with E-state index in [0.29, 0.717) is 11.8 Å². The molecule has 0 bridgehead atoms. The van der Waals surface area contributed by atoms with E-state index in [2.05, 4.69) is 59.7 Å². The van der Waals surface area contributed by atoms with E-state index < -0.39 is 5.60 Å². The van der Waals surface area contributed by atoms with E-state index in [0.717, 1.165) is 24.1 Å². The zero-order chi connectivity index (χ0) is 17.9. The first-order valence-electron chi connectivity index (χ1n) is 9.22. The molecule has 0 radical (unpaired) electrons. The third-order valence-electron chi connectivity index (χ3n) is 5.15. The summed E-state index contributed by atoms with van der Waals surface area (Å²) in [4.78, 5) is 5.58. The van der Waals surface area contributed by atoms with Crippen LogP contribution in [0, 0.1) is 6.92 Å². The van der Waals surface area contributed by atoms with Crippen molar-refractivity contribution >= 4 is 22.7 Å². The molecule has 2 heterocycles. The maximum atomic E-state index is 10.7. The van der Waals surface area contributed by atoms with Crippen molar-refractivity contribution in [3.8, 4) is 0 Å². The normalized spacial score (nSPS) is 13.7. The van der Waals surface area contributed by atoms with E-state index in [9.17, 15) is 5.11 Å². The van der Waals surface area contributed by atoms with Crippen molar-refractivity contribution in [1.29, 1.82) is 0 Å². The fourth-order valence-corrected chi connectivity index (χ4v) is 5.55. The monoisotopic (exact) mass is 364 g/mol. The van der Waals surface area contributed by atoms with Gasteiger partial charge < -0.3 is 5.11 Å². The molecule has 134 valence electrons. The lowest BCUT2D eigenvalue weighted by molar-refractivity contribution is 0.0321. The van der Waals surface area contributed by atoms with Crippen molar-refractivity contribution in [2.24, 2.45) is 0 Å². The van der Waals surface area contributed by atoms with Gasteiger partial charge in [0, 0.05) is 19.5 Å². The van der Waals surface area contributed by atoms with Crippen LogP contribution in [0.2, 0.25) is 0 Å². The summed E-state index contributed by atoms with van der Waals surface area (Å²) in [6.45, 7) is 13.2. The van der Waals surface area contributed by atoms with E-state index in [1.165, 1.54) is 21.7 Å². The molecule has 2 aromatic heterocycles. The van der Waals surface area contributed by atoms with Crippen LogP contribution in [-0.4, -0.2) is 5.11 Å². The highest BCUT2D eigenvalue weighted by Crippen LogP contribution is 2.38. The molecule has 3 heteroatoms. The lowest BCUT2D eigenvalue weighted by Gasteiger charge is -2.23. The number of hydrogen-bond donors (Lipinski definition) is 1. The van der Waals surface area contributed by atoms with Crippen LogP contribution in [-0.2, 0) is 12.0 Å². The molecule has 1 N–H and O–H groups in total. The molecule has 1 unspecified atom stereocenters. The summed E-state index contributed by atoms with van der Waals surface area (Å²) < 4.78 is 0. The van der Waals surface area contributed by atoms with Gasteiger partial charge in [-0.3, -0.25) is 0 Å². The second kappa shape index (κ2) is 8.16. The smallest absolute Gasteiger partial charge is 0.0982 e. The van der Waals surface area contributed by atoms with Gasteiger partial charge in [0.25, 0.3) is 0 Å². The molecule has 1 nitrogen and oxygen atoms in total. The highest BCUT2D eigenvalue weighted by atomic mass is 32.1. The number of hydrogen-bond acceptors (Lipinski definition) is 3. The van der Waals surface area contributed by atoms with E-state index in [1.807, 2.05) is 11.3 Å². The predicted octanol–water partition coefficient (Wildman–Crippen LogP) is 6.99. The third kappa shape index (κ3) is 4.30. The van der Waals surface area contributed by atoms with Crippen molar-refractivity contribution in [3.05, 3.63) is 43.3 Å². The standard InChI is InChI=1S/C21H32OS2/c1-7-21(22,8-2)20-12-11-17(24-20)15(5)9-10-18-16(6)13-19(23-18)14(3)4/h11-15,22H,7-10H2,1-6H3. The van der Waals surface area contributed by atoms with Crippen molar-refractivity contribution in [1.82, 2.24) is 0 Å². The van der Waals surface area contributed by atoms with Gasteiger partial charge >= 0.3 is 0 Å². The quantitative estimate of drug-likeness (QED) is 0.535. The Morgan fingerprint density at radius 1 is 1.04 bits per heavy atom. The second-order valence-corrected chi connectivity index (χ2v) is 9.57. The van der Waals surface area contributed by atoms with Crippen molar-refractivity contribution in [3.63, 3.8) is 0 Å². The first kappa shape index (κ1) is 19.7. The SMILES string of the molecule is CCC(O)(CC)c1ccc(C(C)CCc2sc(C(C)C)cc2C)s1. The summed E-state index contributed by atoms with van der Waals surface area (Å²) in [5.74, 6) is 1.17. The van der Waals surface area contributed by atoms with Gasteiger partial charge in [0.1, 0.15) is 0 Å². The first-order valence-corrected chi connectivity index (χ1v) is 10.9. The van der Waals surface area contributed by atoms with Crippen LogP contribution < -0.4 is 0 Å². The number of thiophene rings is 2. The van der Waals surface area contributed by atoms with E-state index in [-0.39, 0.29) is 0 Å². The minimum atomic E-state index is -0.640. The molecule has 0 aliphatic heterocycles. The summed E-state index contributed by atoms with van der Waals surface area (Å²) in [6.07, 6.45) is 3.90. The van der Waals surface area contributed by atoms with Gasteiger partial charge in [-0.25, -0.2) is 0 Å². The molecular weight excluding hydrogens is 332 g/mol. The Morgan fingerprint density at radius 2 is 1.71 bits per heavy atom. The summed E-state index contributed by atoms with van der Waals surface area (Å²) >= 11 is 3.78. The van der Waals surface area contributed by atoms with Gasteiger partial charge in [-0.2, -0.15) is 0 Å². The Balaban J connectivity index is 2.03. The van der Waals surface area contributed by atoms with Gasteiger partial charge in [-0.05, 0) is 68.2 Å². The minimum Gasteiger partial charge on any atom is -0.384 e. The Morgan fingerprint density at radius 3 is 2.25 bits per heavy atom. The molecule has 0 saturated carbocycles. The summed E-state index contributed by atoms with van der Waals surface area (Å²) in [6, 6.07) is 6.72. The summed E-state index contributed by atoms with van der Waals surface area (Å²) in [5, 5.41) is 10.7. The van der Waals surface area contributed by atoms with Crippen LogP contribution >= 0.6 is 22.7 Å². The van der Waals surface area contributed by atoms with Crippen LogP contribution in [0.4, 0.5) is 0 Å². The molecule has 24 heavy (non-hydrogen) atoms. The minimum absolute atomic E-state index is 0.547. The van der Waals surface area contributed by atoms with Crippen molar-refractivity contribution in [2.75, 3.05) is 0 Å². The number of aliphatic hydroxyl groups is 1. The summed E-state index contributed by atoms with van der Waals surface area (Å²) in [5.41, 5.74) is 0.813. The van der Waals surface area contributed by atoms with Crippen LogP contribution in [0.3, 0.4) is 0 Å². The molecule has 0 aromatic carbocycles. The second-order valence-electron chi connectivity index (χ2n) is 7.29. The lowest BCUT2D eigenvalue weighted by atomic mass is 9.95. The average Bonchev–Trinajstić information content (AvgIpc) is 3.19. The molecular formula is C21H32OS2. The largest absolute Gasteiger partial charge is 0.384 e. The number of aryl methyl sites for hydroxylation is 2. The molecule has 2 aromatic rings. The maximum Gasteiger partial charge on any atom is 0.0982 e. The van der Waals surface area contributed by atoms with Crippen molar-refractivity contribution in [2.45, 2.75) is 84.7 Å². The highest BCUT2D eigenvalue weighted by Gasteiger charge is 2.27. The van der Waals surface area contributed by atoms with Gasteiger partial charge in [0.05, 0.1) is 5.60 Å². The molecule has 0 aliphatic rings. The molecule has 0 spiro atoms. The summed E-state index contributed by atoms with van der Waals surface area (Å²) in [7, 11) is 0. The molecule has 0 aliphatic carbocycles. The predicted molar refractivity (Wildman–Crippen MR) is 109 cm³/mol. The van der Waals surface area contributed by atoms with Gasteiger partial charge in [-0.15, -0.1) is 22.7 Å². The topological polar surface area (TPSA) is 20.2 Å². The first-order chi connectivity index (χ1) is 11.3. The van der Waals surface area contributed by atoms with Crippen LogP contribution in [0.1, 0.15) is 90.8 Å². The Bertz CT molecular complexity index is 647. The zero-order valence-electron chi connectivity index (χ0n) is 16.0. The molecule has 2 rings (SSSR count). The van der Waals surface area contributed by atoms with Crippen molar-refractivity contribution < 1.29 is 5.11 Å². The van der Waals surface area contributed by atoms with Crippen LogP contribution in [0.25, 0.3) is 0 Å². The van der Waals surface area contributed by atoms with E-state index >= 15 is 0 Å². The fourth-order valence-electron chi connectivity index (χ4n) is 3.03. The highest BCUT2D eigenvalue weighted by molar-refractivity contribution is 7.12. The Kier molecular flexibility index (Phi) is 6.69. The molecule has 1 atom stereocenters. The zero-order valence-corrected chi connectivity index (χ0v) is 17.6. The fraction of sp³-hybridized carbons (Fsp3) is 0.619. The van der Waals surface area contributed by atoms with E-state index in [1.54, 1.807) is 16.2 Å². The Hall–Kier alpha value is -0.640. The van der Waals surface area contributed by atoms with Crippen LogP contribution in [0.15, 0.2) is 18.2 Å². The lowest BCUT2D eigenvalue weighted by Crippen LogP contribution is -2.21. The van der Waals surface area contributed by atoms with Gasteiger partial charge in [0.2, 0.25) is 0 Å². The number of rotatable bonds is 8. The third-order valence-corrected chi connectivity index (χ3v) is 8.26. The van der Waals surface area contributed by atoms with Crippen LogP contribution in [0.5, 0.6) is 0 Å². The molecule has 0 amide bonds.